The summed E-state index contributed by atoms with van der Waals surface area (Å²) in [4.78, 5) is 71.5. The number of piperidine rings is 1. The minimum absolute atomic E-state index is 0.117. The van der Waals surface area contributed by atoms with Gasteiger partial charge in [-0.15, -0.1) is 0 Å². The number of carboxylic acid groups (broad SMARTS) is 1. The number of benzene rings is 1. The number of carbonyl (C=O) groups is 6. The highest BCUT2D eigenvalue weighted by Crippen LogP contribution is 2.65. The summed E-state index contributed by atoms with van der Waals surface area (Å²) in [5, 5.41) is 21.7. The number of likely N-dealkylation sites (N-methyl/N-ethyl adjacent to an activating group) is 1. The molecule has 7 atom stereocenters. The van der Waals surface area contributed by atoms with E-state index in [1.165, 1.54) is 14.0 Å². The average molecular weight is 702 g/mol. The van der Waals surface area contributed by atoms with E-state index in [2.05, 4.69) is 9.64 Å². The van der Waals surface area contributed by atoms with Crippen LogP contribution in [0, 0.1) is 0 Å². The molecule has 5 rings (SSSR count). The molecule has 2 bridgehead atoms. The van der Waals surface area contributed by atoms with Crippen molar-refractivity contribution in [2.45, 2.75) is 87.7 Å². The van der Waals surface area contributed by atoms with E-state index in [0.717, 1.165) is 25.0 Å². The zero-order valence-corrected chi connectivity index (χ0v) is 26.9. The maximum Gasteiger partial charge on any atom is 0.446 e. The number of methoxy groups -OCH3 is 1. The van der Waals surface area contributed by atoms with Crippen molar-refractivity contribution >= 4 is 36.1 Å². The lowest BCUT2D eigenvalue weighted by Crippen LogP contribution is -2.74. The van der Waals surface area contributed by atoms with Crippen molar-refractivity contribution in [2.75, 3.05) is 20.7 Å². The minimum Gasteiger partial charge on any atom is -0.493 e. The van der Waals surface area contributed by atoms with Crippen LogP contribution in [0.3, 0.4) is 0 Å². The van der Waals surface area contributed by atoms with Gasteiger partial charge in [-0.1, -0.05) is 6.07 Å². The molecule has 1 aromatic carbocycles. The Balaban J connectivity index is 0.000000827. The van der Waals surface area contributed by atoms with Gasteiger partial charge in [-0.2, -0.15) is 13.2 Å². The second-order valence-electron chi connectivity index (χ2n) is 11.8. The molecule has 0 aromatic heterocycles. The number of carboxylic acids is 1. The lowest BCUT2D eigenvalue weighted by atomic mass is 9.50. The summed E-state index contributed by atoms with van der Waals surface area (Å²) in [7, 11) is 3.48. The number of nitrogens with zero attached hydrogens (tertiary/aromatic N) is 1. The third kappa shape index (κ3) is 6.79. The Labute approximate surface area is 276 Å². The second kappa shape index (κ2) is 13.7. The van der Waals surface area contributed by atoms with Crippen LogP contribution in [0.2, 0.25) is 0 Å². The van der Waals surface area contributed by atoms with E-state index in [1.54, 1.807) is 12.1 Å². The standard InChI is InChI=1S/C29H33NO13.C2HF3O/c1-13(39-27(36)23(41-15(3)32)22(25(33)34)40-14(2)31)26(35)42-18-8-9-29(37)19-12-16-6-7-17(38-5)21-20(16)28(29,24(18)43-21)10-11-30(19)4;3-2(4,5)1-6/h6-8,13,19,22-24,37H,9-12H2,1-5H3,(H,33,34);1H/t13-,19+,22+,23+,24-,28-,29+;/m0./s1. The first kappa shape index (κ1) is 37.1. The molecule has 1 aromatic rings. The molecule has 4 aliphatic rings. The largest absolute Gasteiger partial charge is 0.493 e. The van der Waals surface area contributed by atoms with E-state index in [0.29, 0.717) is 30.9 Å². The SMILES string of the molecule is COc1ccc2c3c1O[C@H]1C(OC(=O)[C@H](C)OC(=O)[C@H](OC(C)=O)[C@@H](OC(C)=O)C(=O)O)=CC[C@@]4(O)[C@@H](C2)N(C)CC[C@]314.O=CC(F)(F)F. The minimum atomic E-state index is -4.64. The number of halogens is 3. The summed E-state index contributed by atoms with van der Waals surface area (Å²) in [6.45, 7) is 3.66. The number of hydrogen-bond donors (Lipinski definition) is 2. The molecular weight excluding hydrogens is 667 g/mol. The number of aliphatic carboxylic acids is 1. The highest BCUT2D eigenvalue weighted by Gasteiger charge is 2.72. The van der Waals surface area contributed by atoms with Crippen molar-refractivity contribution < 1.29 is 80.6 Å². The van der Waals surface area contributed by atoms with Crippen molar-refractivity contribution in [2.24, 2.45) is 0 Å². The van der Waals surface area contributed by atoms with E-state index in [9.17, 15) is 47.4 Å². The van der Waals surface area contributed by atoms with Crippen molar-refractivity contribution in [1.82, 2.24) is 4.90 Å². The number of carbonyl (C=O) groups excluding carboxylic acids is 5. The lowest BCUT2D eigenvalue weighted by Gasteiger charge is -2.61. The molecule has 1 fully saturated rings. The normalized spacial score (nSPS) is 26.4. The molecule has 1 spiro atoms. The molecule has 1 saturated heterocycles. The molecule has 2 N–H and O–H groups in total. The molecule has 268 valence electrons. The highest BCUT2D eigenvalue weighted by molar-refractivity contribution is 5.89. The number of ether oxygens (including phenoxy) is 6. The predicted octanol–water partition coefficient (Wildman–Crippen LogP) is 1.14. The molecule has 2 aliphatic heterocycles. The quantitative estimate of drug-likeness (QED) is 0.211. The van der Waals surface area contributed by atoms with Gasteiger partial charge in [-0.25, -0.2) is 14.4 Å². The van der Waals surface area contributed by atoms with Gasteiger partial charge < -0.3 is 43.5 Å². The van der Waals surface area contributed by atoms with Crippen LogP contribution >= 0.6 is 0 Å². The van der Waals surface area contributed by atoms with Gasteiger partial charge >= 0.3 is 36.0 Å². The second-order valence-corrected chi connectivity index (χ2v) is 11.8. The summed E-state index contributed by atoms with van der Waals surface area (Å²) in [6.07, 6.45) is -9.75. The summed E-state index contributed by atoms with van der Waals surface area (Å²) < 4.78 is 63.5. The fourth-order valence-corrected chi connectivity index (χ4v) is 6.91. The van der Waals surface area contributed by atoms with Gasteiger partial charge in [0.25, 0.3) is 0 Å². The van der Waals surface area contributed by atoms with Gasteiger partial charge in [0, 0.05) is 31.9 Å². The molecular formula is C31H34F3NO14. The first-order valence-electron chi connectivity index (χ1n) is 14.8. The molecule has 0 radical (unpaired) electrons. The topological polar surface area (TPSA) is 202 Å². The molecule has 0 amide bonds. The van der Waals surface area contributed by atoms with Crippen LogP contribution in [-0.2, 0) is 59.6 Å². The van der Waals surface area contributed by atoms with Crippen LogP contribution in [0.5, 0.6) is 11.5 Å². The number of alkyl halides is 3. The van der Waals surface area contributed by atoms with Crippen LogP contribution in [-0.4, -0.2) is 114 Å². The molecule has 49 heavy (non-hydrogen) atoms. The third-order valence-electron chi connectivity index (χ3n) is 8.87. The smallest absolute Gasteiger partial charge is 0.446 e. The Morgan fingerprint density at radius 3 is 2.22 bits per heavy atom. The van der Waals surface area contributed by atoms with Crippen LogP contribution in [0.4, 0.5) is 13.2 Å². The van der Waals surface area contributed by atoms with Gasteiger partial charge in [0.05, 0.1) is 18.1 Å². The van der Waals surface area contributed by atoms with E-state index in [4.69, 9.17) is 28.5 Å². The summed E-state index contributed by atoms with van der Waals surface area (Å²) in [5.74, 6) is -5.28. The first-order valence-corrected chi connectivity index (χ1v) is 14.8. The first-order chi connectivity index (χ1) is 22.8. The predicted molar refractivity (Wildman–Crippen MR) is 154 cm³/mol. The molecule has 0 saturated carbocycles. The average Bonchev–Trinajstić information content (AvgIpc) is 3.37. The Hall–Kier alpha value is -4.71. The number of hydrogen-bond acceptors (Lipinski definition) is 14. The van der Waals surface area contributed by atoms with Crippen molar-refractivity contribution in [3.63, 3.8) is 0 Å². The van der Waals surface area contributed by atoms with E-state index in [1.807, 2.05) is 13.1 Å². The Bertz CT molecular complexity index is 1580. The zero-order valence-electron chi connectivity index (χ0n) is 26.9. The summed E-state index contributed by atoms with van der Waals surface area (Å²) >= 11 is 0. The number of rotatable bonds is 9. The monoisotopic (exact) mass is 701 g/mol. The highest BCUT2D eigenvalue weighted by atomic mass is 19.4. The van der Waals surface area contributed by atoms with Crippen LogP contribution < -0.4 is 9.47 Å². The zero-order chi connectivity index (χ0) is 36.6. The number of aldehydes is 1. The van der Waals surface area contributed by atoms with Gasteiger partial charge in [-0.3, -0.25) is 14.4 Å². The third-order valence-corrected chi connectivity index (χ3v) is 8.87. The number of aliphatic hydroxyl groups is 1. The van der Waals surface area contributed by atoms with Crippen LogP contribution in [0.1, 0.15) is 44.7 Å². The van der Waals surface area contributed by atoms with Crippen molar-refractivity contribution in [3.8, 4) is 11.5 Å². The number of esters is 4. The van der Waals surface area contributed by atoms with Gasteiger partial charge in [0.15, 0.2) is 23.7 Å². The van der Waals surface area contributed by atoms with E-state index >= 15 is 0 Å². The van der Waals surface area contributed by atoms with E-state index in [-0.39, 0.29) is 18.2 Å². The van der Waals surface area contributed by atoms with Crippen molar-refractivity contribution in [1.29, 1.82) is 0 Å². The van der Waals surface area contributed by atoms with Gasteiger partial charge in [0.1, 0.15) is 5.76 Å². The molecule has 18 heteroatoms. The maximum atomic E-state index is 13.2. The van der Waals surface area contributed by atoms with Crippen LogP contribution in [0.25, 0.3) is 0 Å². The van der Waals surface area contributed by atoms with E-state index < -0.39 is 77.7 Å². The van der Waals surface area contributed by atoms with Gasteiger partial charge in [0.2, 0.25) is 18.5 Å². The fourth-order valence-electron chi connectivity index (χ4n) is 6.91. The maximum absolute atomic E-state index is 13.2. The number of likely N-dealkylation sites (tertiary alicyclic amines) is 1. The lowest BCUT2D eigenvalue weighted by molar-refractivity contribution is -0.193. The Morgan fingerprint density at radius 1 is 1.06 bits per heavy atom. The Kier molecular flexibility index (Phi) is 10.3. The fraction of sp³-hybridized carbons (Fsp3) is 0.548. The molecule has 2 aliphatic carbocycles. The molecule has 2 heterocycles. The molecule has 0 unspecified atom stereocenters. The summed E-state index contributed by atoms with van der Waals surface area (Å²) in [6, 6.07) is 3.55. The molecule has 15 nitrogen and oxygen atoms in total. The van der Waals surface area contributed by atoms with Gasteiger partial charge in [-0.05, 0) is 51.1 Å². The summed E-state index contributed by atoms with van der Waals surface area (Å²) in [5.41, 5.74) is -0.334. The Morgan fingerprint density at radius 2 is 1.67 bits per heavy atom. The van der Waals surface area contributed by atoms with Crippen molar-refractivity contribution in [3.05, 3.63) is 35.1 Å². The van der Waals surface area contributed by atoms with Crippen LogP contribution in [0.15, 0.2) is 24.0 Å².